The maximum absolute atomic E-state index is 9.06. The number of nitrogens with one attached hydrogen (secondary N) is 1. The number of aromatic nitrogens is 5. The molecule has 3 aromatic rings. The fraction of sp³-hybridized carbons (Fsp3) is 0.231. The summed E-state index contributed by atoms with van der Waals surface area (Å²) in [5, 5.41) is 13.3. The molecule has 3 rings (SSSR count). The average molecular weight is 305 g/mol. The van der Waals surface area contributed by atoms with Crippen molar-refractivity contribution in [1.29, 1.82) is 0 Å². The third-order valence-corrected chi connectivity index (χ3v) is 3.18. The first-order chi connectivity index (χ1) is 10.3. The first-order valence-corrected chi connectivity index (χ1v) is 6.77. The number of hydrogen-bond donors (Lipinski definition) is 2. The largest absolute Gasteiger partial charge is 0.395 e. The van der Waals surface area contributed by atoms with Crippen molar-refractivity contribution in [2.24, 2.45) is 0 Å². The van der Waals surface area contributed by atoms with Crippen LogP contribution in [0.2, 0.25) is 5.28 Å². The SMILES string of the molecule is OCCn1ccc2c(NCc3ccncn3)nc(Cl)nc21. The van der Waals surface area contributed by atoms with Crippen molar-refractivity contribution in [3.8, 4) is 0 Å². The van der Waals surface area contributed by atoms with Crippen molar-refractivity contribution in [2.75, 3.05) is 11.9 Å². The minimum absolute atomic E-state index is 0.0368. The Morgan fingerprint density at radius 3 is 2.95 bits per heavy atom. The van der Waals surface area contributed by atoms with Crippen LogP contribution in [0.4, 0.5) is 5.82 Å². The summed E-state index contributed by atoms with van der Waals surface area (Å²) < 4.78 is 1.83. The molecule has 3 aromatic heterocycles. The molecule has 3 heterocycles. The molecule has 0 saturated heterocycles. The third-order valence-electron chi connectivity index (χ3n) is 3.01. The van der Waals surface area contributed by atoms with Gasteiger partial charge in [-0.2, -0.15) is 4.98 Å². The molecule has 0 amide bonds. The van der Waals surface area contributed by atoms with Gasteiger partial charge in [0, 0.05) is 18.9 Å². The summed E-state index contributed by atoms with van der Waals surface area (Å²) in [5.74, 6) is 0.639. The fourth-order valence-corrected chi connectivity index (χ4v) is 2.22. The summed E-state index contributed by atoms with van der Waals surface area (Å²) in [4.78, 5) is 16.4. The second-order valence-electron chi connectivity index (χ2n) is 4.37. The summed E-state index contributed by atoms with van der Waals surface area (Å²) >= 11 is 5.97. The van der Waals surface area contributed by atoms with E-state index in [0.717, 1.165) is 11.1 Å². The number of nitrogens with zero attached hydrogens (tertiary/aromatic N) is 5. The number of aliphatic hydroxyl groups excluding tert-OH is 1. The van der Waals surface area contributed by atoms with Gasteiger partial charge in [-0.1, -0.05) is 0 Å². The summed E-state index contributed by atoms with van der Waals surface area (Å²) in [6, 6.07) is 3.72. The van der Waals surface area contributed by atoms with E-state index in [1.165, 1.54) is 6.33 Å². The molecule has 0 aliphatic rings. The predicted molar refractivity (Wildman–Crippen MR) is 79.0 cm³/mol. The highest BCUT2D eigenvalue weighted by Crippen LogP contribution is 2.23. The van der Waals surface area contributed by atoms with Crippen LogP contribution in [-0.2, 0) is 13.1 Å². The van der Waals surface area contributed by atoms with E-state index >= 15 is 0 Å². The van der Waals surface area contributed by atoms with Gasteiger partial charge >= 0.3 is 0 Å². The fourth-order valence-electron chi connectivity index (χ4n) is 2.06. The van der Waals surface area contributed by atoms with Gasteiger partial charge in [0.15, 0.2) is 0 Å². The lowest BCUT2D eigenvalue weighted by Gasteiger charge is -2.08. The van der Waals surface area contributed by atoms with Crippen LogP contribution in [0.25, 0.3) is 11.0 Å². The number of anilines is 1. The lowest BCUT2D eigenvalue weighted by Crippen LogP contribution is -2.06. The molecule has 0 aliphatic heterocycles. The third kappa shape index (κ3) is 2.93. The summed E-state index contributed by atoms with van der Waals surface area (Å²) in [6.45, 7) is 1.01. The summed E-state index contributed by atoms with van der Waals surface area (Å²) in [7, 11) is 0. The van der Waals surface area contributed by atoms with Crippen molar-refractivity contribution in [1.82, 2.24) is 24.5 Å². The Morgan fingerprint density at radius 1 is 1.29 bits per heavy atom. The standard InChI is InChI=1S/C13H13ClN6O/c14-13-18-11(16-7-9-1-3-15-8-17-9)10-2-4-20(5-6-21)12(10)19-13/h1-4,8,21H,5-7H2,(H,16,18,19). The molecule has 0 fully saturated rings. The monoisotopic (exact) mass is 304 g/mol. The Morgan fingerprint density at radius 2 is 2.19 bits per heavy atom. The van der Waals surface area contributed by atoms with Crippen LogP contribution in [0.1, 0.15) is 5.69 Å². The quantitative estimate of drug-likeness (QED) is 0.694. The molecule has 0 unspecified atom stereocenters. The lowest BCUT2D eigenvalue weighted by atomic mass is 10.3. The van der Waals surface area contributed by atoms with Crippen LogP contribution in [0.15, 0.2) is 30.9 Å². The molecule has 0 aromatic carbocycles. The molecule has 0 atom stereocenters. The van der Waals surface area contributed by atoms with Crippen molar-refractivity contribution >= 4 is 28.5 Å². The average Bonchev–Trinajstić information content (AvgIpc) is 2.89. The van der Waals surface area contributed by atoms with Crippen LogP contribution in [-0.4, -0.2) is 36.2 Å². The minimum atomic E-state index is 0.0368. The maximum atomic E-state index is 9.06. The smallest absolute Gasteiger partial charge is 0.226 e. The van der Waals surface area contributed by atoms with Gasteiger partial charge in [0.1, 0.15) is 17.8 Å². The normalized spacial score (nSPS) is 11.0. The molecule has 8 heteroatoms. The molecule has 7 nitrogen and oxygen atoms in total. The zero-order valence-electron chi connectivity index (χ0n) is 11.1. The first-order valence-electron chi connectivity index (χ1n) is 6.40. The zero-order valence-corrected chi connectivity index (χ0v) is 11.8. The Bertz CT molecular complexity index is 745. The second kappa shape index (κ2) is 6.02. The molecule has 2 N–H and O–H groups in total. The van der Waals surface area contributed by atoms with E-state index in [4.69, 9.17) is 16.7 Å². The van der Waals surface area contributed by atoms with Crippen molar-refractivity contribution in [3.05, 3.63) is 41.8 Å². The predicted octanol–water partition coefficient (Wildman–Crippen LogP) is 1.48. The van der Waals surface area contributed by atoms with E-state index in [1.807, 2.05) is 22.9 Å². The van der Waals surface area contributed by atoms with E-state index in [-0.39, 0.29) is 11.9 Å². The van der Waals surface area contributed by atoms with Crippen LogP contribution in [0.3, 0.4) is 0 Å². The molecule has 0 saturated carbocycles. The van der Waals surface area contributed by atoms with Gasteiger partial charge in [-0.3, -0.25) is 0 Å². The number of rotatable bonds is 5. The van der Waals surface area contributed by atoms with Crippen LogP contribution >= 0.6 is 11.6 Å². The van der Waals surface area contributed by atoms with Crippen molar-refractivity contribution < 1.29 is 5.11 Å². The van der Waals surface area contributed by atoms with E-state index in [1.54, 1.807) is 6.20 Å². The molecule has 0 aliphatic carbocycles. The van der Waals surface area contributed by atoms with Gasteiger partial charge in [-0.25, -0.2) is 15.0 Å². The Balaban J connectivity index is 1.91. The van der Waals surface area contributed by atoms with Gasteiger partial charge in [-0.15, -0.1) is 0 Å². The topological polar surface area (TPSA) is 88.8 Å². The second-order valence-corrected chi connectivity index (χ2v) is 4.70. The van der Waals surface area contributed by atoms with Gasteiger partial charge in [0.05, 0.1) is 24.2 Å². The Hall–Kier alpha value is -2.25. The Labute approximate surface area is 125 Å². The minimum Gasteiger partial charge on any atom is -0.395 e. The Kier molecular flexibility index (Phi) is 3.94. The number of fused-ring (bicyclic) bond motifs is 1. The van der Waals surface area contributed by atoms with Crippen LogP contribution in [0, 0.1) is 0 Å². The molecular formula is C13H13ClN6O. The highest BCUT2D eigenvalue weighted by molar-refractivity contribution is 6.28. The molecule has 0 bridgehead atoms. The molecule has 0 spiro atoms. The molecule has 108 valence electrons. The van der Waals surface area contributed by atoms with Crippen LogP contribution < -0.4 is 5.32 Å². The maximum Gasteiger partial charge on any atom is 0.226 e. The zero-order chi connectivity index (χ0) is 14.7. The van der Waals surface area contributed by atoms with Gasteiger partial charge < -0.3 is 15.0 Å². The molecular weight excluding hydrogens is 292 g/mol. The van der Waals surface area contributed by atoms with Gasteiger partial charge in [-0.05, 0) is 23.7 Å². The van der Waals surface area contributed by atoms with Gasteiger partial charge in [0.25, 0.3) is 0 Å². The van der Waals surface area contributed by atoms with E-state index in [2.05, 4.69) is 25.3 Å². The number of aliphatic hydroxyl groups is 1. The van der Waals surface area contributed by atoms with E-state index in [9.17, 15) is 0 Å². The summed E-state index contributed by atoms with van der Waals surface area (Å²) in [5.41, 5.74) is 1.54. The van der Waals surface area contributed by atoms with Crippen LogP contribution in [0.5, 0.6) is 0 Å². The van der Waals surface area contributed by atoms with Crippen molar-refractivity contribution in [3.63, 3.8) is 0 Å². The lowest BCUT2D eigenvalue weighted by molar-refractivity contribution is 0.278. The van der Waals surface area contributed by atoms with Gasteiger partial charge in [0.2, 0.25) is 5.28 Å². The molecule has 0 radical (unpaired) electrons. The van der Waals surface area contributed by atoms with E-state index in [0.29, 0.717) is 24.6 Å². The highest BCUT2D eigenvalue weighted by Gasteiger charge is 2.10. The number of halogens is 1. The first kappa shape index (κ1) is 13.7. The van der Waals surface area contributed by atoms with E-state index < -0.39 is 0 Å². The molecule has 21 heavy (non-hydrogen) atoms. The summed E-state index contributed by atoms with van der Waals surface area (Å²) in [6.07, 6.45) is 5.03. The highest BCUT2D eigenvalue weighted by atomic mass is 35.5. The van der Waals surface area contributed by atoms with Crippen molar-refractivity contribution in [2.45, 2.75) is 13.1 Å². The number of hydrogen-bond acceptors (Lipinski definition) is 6.